The molecule has 0 saturated carbocycles. The maximum absolute atomic E-state index is 11.7. The fraction of sp³-hybridized carbons (Fsp3) is 0.190. The molecule has 0 fully saturated rings. The first-order chi connectivity index (χ1) is 14.0. The number of ether oxygens (including phenoxy) is 2. The fourth-order valence-corrected chi connectivity index (χ4v) is 2.50. The summed E-state index contributed by atoms with van der Waals surface area (Å²) in [5.41, 5.74) is 8.36. The zero-order valence-electron chi connectivity index (χ0n) is 16.3. The lowest BCUT2D eigenvalue weighted by Crippen LogP contribution is -2.15. The van der Waals surface area contributed by atoms with Gasteiger partial charge < -0.3 is 25.8 Å². The summed E-state index contributed by atoms with van der Waals surface area (Å²) in [7, 11) is 1.63. The van der Waals surface area contributed by atoms with Crippen LogP contribution in [0.5, 0.6) is 5.75 Å². The molecule has 29 heavy (non-hydrogen) atoms. The molecule has 1 amide bonds. The van der Waals surface area contributed by atoms with E-state index < -0.39 is 5.91 Å². The van der Waals surface area contributed by atoms with Crippen molar-refractivity contribution in [2.75, 3.05) is 31.0 Å². The molecule has 8 heteroatoms. The third-order valence-corrected chi connectivity index (χ3v) is 4.04. The molecule has 4 N–H and O–H groups in total. The van der Waals surface area contributed by atoms with Gasteiger partial charge in [0, 0.05) is 24.7 Å². The Balaban J connectivity index is 1.75. The molecule has 0 saturated heterocycles. The van der Waals surface area contributed by atoms with E-state index >= 15 is 0 Å². The average Bonchev–Trinajstić information content (AvgIpc) is 2.71. The van der Waals surface area contributed by atoms with E-state index in [2.05, 4.69) is 20.6 Å². The van der Waals surface area contributed by atoms with Crippen LogP contribution >= 0.6 is 0 Å². The molecule has 0 aliphatic heterocycles. The minimum Gasteiger partial charge on any atom is -0.491 e. The van der Waals surface area contributed by atoms with Gasteiger partial charge in [0.05, 0.1) is 6.61 Å². The number of nitrogens with two attached hydrogens (primary N) is 1. The van der Waals surface area contributed by atoms with Crippen LogP contribution in [-0.2, 0) is 4.74 Å². The lowest BCUT2D eigenvalue weighted by atomic mass is 10.2. The topological polar surface area (TPSA) is 111 Å². The van der Waals surface area contributed by atoms with Crippen molar-refractivity contribution in [2.45, 2.75) is 6.92 Å². The number of primary amides is 1. The quantitative estimate of drug-likeness (QED) is 0.478. The van der Waals surface area contributed by atoms with Gasteiger partial charge in [-0.25, -0.2) is 4.98 Å². The first-order valence-electron chi connectivity index (χ1n) is 9.04. The van der Waals surface area contributed by atoms with E-state index in [0.29, 0.717) is 25.0 Å². The van der Waals surface area contributed by atoms with Gasteiger partial charge in [-0.05, 0) is 43.3 Å². The second kappa shape index (κ2) is 9.52. The van der Waals surface area contributed by atoms with E-state index in [4.69, 9.17) is 15.2 Å². The van der Waals surface area contributed by atoms with Crippen molar-refractivity contribution in [1.29, 1.82) is 0 Å². The van der Waals surface area contributed by atoms with Gasteiger partial charge >= 0.3 is 0 Å². The molecular weight excluding hydrogens is 370 g/mol. The smallest absolute Gasteiger partial charge is 0.254 e. The van der Waals surface area contributed by atoms with Gasteiger partial charge in [-0.3, -0.25) is 4.79 Å². The molecule has 1 aromatic heterocycles. The maximum Gasteiger partial charge on any atom is 0.254 e. The normalized spacial score (nSPS) is 10.4. The molecule has 3 rings (SSSR count). The van der Waals surface area contributed by atoms with Crippen molar-refractivity contribution in [3.8, 4) is 5.75 Å². The lowest BCUT2D eigenvalue weighted by molar-refractivity contribution is 0.100. The second-order valence-electron chi connectivity index (χ2n) is 6.30. The summed E-state index contributed by atoms with van der Waals surface area (Å²) < 4.78 is 10.5. The number of amides is 1. The van der Waals surface area contributed by atoms with Crippen LogP contribution < -0.4 is 21.1 Å². The van der Waals surface area contributed by atoms with Crippen molar-refractivity contribution in [1.82, 2.24) is 9.97 Å². The van der Waals surface area contributed by atoms with Crippen LogP contribution in [0.3, 0.4) is 0 Å². The summed E-state index contributed by atoms with van der Waals surface area (Å²) in [4.78, 5) is 20.3. The van der Waals surface area contributed by atoms with E-state index in [1.165, 1.54) is 6.20 Å². The number of rotatable bonds is 9. The minimum atomic E-state index is -0.608. The first-order valence-corrected chi connectivity index (χ1v) is 9.04. The minimum absolute atomic E-state index is 0.206. The number of anilines is 4. The molecular formula is C21H23N5O3. The highest BCUT2D eigenvalue weighted by atomic mass is 16.5. The molecule has 150 valence electrons. The standard InChI is InChI=1S/C21H23N5O3/c1-14-3-5-15(6-4-14)24-20-18(19(22)27)13-23-21(26-20)25-16-7-9-17(10-8-16)29-12-11-28-2/h3-10,13H,11-12H2,1-2H3,(H2,22,27)(H2,23,24,25,26). The maximum atomic E-state index is 11.7. The molecule has 0 aliphatic carbocycles. The van der Waals surface area contributed by atoms with Crippen LogP contribution in [0.2, 0.25) is 0 Å². The van der Waals surface area contributed by atoms with E-state index in [1.807, 2.05) is 55.5 Å². The van der Waals surface area contributed by atoms with Gasteiger partial charge in [-0.1, -0.05) is 17.7 Å². The SMILES string of the molecule is COCCOc1ccc(Nc2ncc(C(N)=O)c(Nc3ccc(C)cc3)n2)cc1. The Kier molecular flexibility index (Phi) is 6.59. The van der Waals surface area contributed by atoms with E-state index in [1.54, 1.807) is 7.11 Å². The van der Waals surface area contributed by atoms with Crippen molar-refractivity contribution < 1.29 is 14.3 Å². The second-order valence-corrected chi connectivity index (χ2v) is 6.30. The summed E-state index contributed by atoms with van der Waals surface area (Å²) in [6.45, 7) is 3.01. The molecule has 3 aromatic rings. The Morgan fingerprint density at radius 3 is 2.31 bits per heavy atom. The van der Waals surface area contributed by atoms with Gasteiger partial charge in [-0.2, -0.15) is 4.98 Å². The van der Waals surface area contributed by atoms with E-state index in [9.17, 15) is 4.79 Å². The largest absolute Gasteiger partial charge is 0.491 e. The third kappa shape index (κ3) is 5.66. The van der Waals surface area contributed by atoms with Gasteiger partial charge in [0.25, 0.3) is 5.91 Å². The molecule has 1 heterocycles. The number of aromatic nitrogens is 2. The number of carbonyl (C=O) groups is 1. The predicted octanol–water partition coefficient (Wildman–Crippen LogP) is 3.40. The summed E-state index contributed by atoms with van der Waals surface area (Å²) in [6, 6.07) is 15.1. The summed E-state index contributed by atoms with van der Waals surface area (Å²) >= 11 is 0. The summed E-state index contributed by atoms with van der Waals surface area (Å²) in [5, 5.41) is 6.23. The van der Waals surface area contributed by atoms with Crippen LogP contribution in [-0.4, -0.2) is 36.2 Å². The number of hydrogen-bond acceptors (Lipinski definition) is 7. The highest BCUT2D eigenvalue weighted by molar-refractivity contribution is 5.98. The molecule has 0 radical (unpaired) electrons. The van der Waals surface area contributed by atoms with Gasteiger partial charge in [0.2, 0.25) is 5.95 Å². The number of methoxy groups -OCH3 is 1. The van der Waals surface area contributed by atoms with Crippen LogP contribution in [0.25, 0.3) is 0 Å². The van der Waals surface area contributed by atoms with Crippen LogP contribution in [0.1, 0.15) is 15.9 Å². The average molecular weight is 393 g/mol. The number of aryl methyl sites for hydroxylation is 1. The Morgan fingerprint density at radius 2 is 1.66 bits per heavy atom. The molecule has 8 nitrogen and oxygen atoms in total. The molecule has 0 unspecified atom stereocenters. The highest BCUT2D eigenvalue weighted by Crippen LogP contribution is 2.22. The molecule has 0 aliphatic rings. The van der Waals surface area contributed by atoms with Crippen molar-refractivity contribution >= 4 is 29.0 Å². The van der Waals surface area contributed by atoms with Gasteiger partial charge in [0.1, 0.15) is 23.7 Å². The molecule has 0 spiro atoms. The van der Waals surface area contributed by atoms with Crippen molar-refractivity contribution in [3.05, 3.63) is 65.9 Å². The van der Waals surface area contributed by atoms with E-state index in [-0.39, 0.29) is 5.56 Å². The third-order valence-electron chi connectivity index (χ3n) is 4.04. The Morgan fingerprint density at radius 1 is 1.00 bits per heavy atom. The molecule has 0 bridgehead atoms. The number of nitrogens with zero attached hydrogens (tertiary/aromatic N) is 2. The van der Waals surface area contributed by atoms with Gasteiger partial charge in [0.15, 0.2) is 0 Å². The van der Waals surface area contributed by atoms with Gasteiger partial charge in [-0.15, -0.1) is 0 Å². The van der Waals surface area contributed by atoms with Crippen molar-refractivity contribution in [3.63, 3.8) is 0 Å². The lowest BCUT2D eigenvalue weighted by Gasteiger charge is -2.12. The zero-order valence-corrected chi connectivity index (χ0v) is 16.3. The van der Waals surface area contributed by atoms with Crippen LogP contribution in [0, 0.1) is 6.92 Å². The number of hydrogen-bond donors (Lipinski definition) is 3. The molecule has 2 aromatic carbocycles. The number of nitrogens with one attached hydrogen (secondary N) is 2. The number of carbonyl (C=O) groups excluding carboxylic acids is 1. The highest BCUT2D eigenvalue weighted by Gasteiger charge is 2.13. The fourth-order valence-electron chi connectivity index (χ4n) is 2.50. The molecule has 0 atom stereocenters. The summed E-state index contributed by atoms with van der Waals surface area (Å²) in [6.07, 6.45) is 1.40. The van der Waals surface area contributed by atoms with Crippen molar-refractivity contribution in [2.24, 2.45) is 5.73 Å². The zero-order chi connectivity index (χ0) is 20.6. The number of benzene rings is 2. The van der Waals surface area contributed by atoms with E-state index in [0.717, 1.165) is 22.7 Å². The monoisotopic (exact) mass is 393 g/mol. The summed E-state index contributed by atoms with van der Waals surface area (Å²) in [5.74, 6) is 0.791. The first kappa shape index (κ1) is 20.1. The Labute approximate surface area is 169 Å². The Bertz CT molecular complexity index is 959. The Hall–Kier alpha value is -3.65. The predicted molar refractivity (Wildman–Crippen MR) is 112 cm³/mol. The van der Waals surface area contributed by atoms with Crippen LogP contribution in [0.4, 0.5) is 23.1 Å². The van der Waals surface area contributed by atoms with Crippen LogP contribution in [0.15, 0.2) is 54.7 Å².